The molecule has 156 valence electrons. The third-order valence-electron chi connectivity index (χ3n) is 4.49. The van der Waals surface area contributed by atoms with Crippen molar-refractivity contribution in [1.82, 2.24) is 0 Å². The van der Waals surface area contributed by atoms with Gasteiger partial charge in [0, 0.05) is 35.6 Å². The second-order valence-corrected chi connectivity index (χ2v) is 6.53. The van der Waals surface area contributed by atoms with E-state index >= 15 is 0 Å². The van der Waals surface area contributed by atoms with Crippen molar-refractivity contribution in [3.05, 3.63) is 76.0 Å². The number of esters is 1. The fraction of sp³-hybridized carbons (Fsp3) is 0.0870. The molecule has 2 aromatic rings. The minimum Gasteiger partial charge on any atom is -0.456 e. The quantitative estimate of drug-likeness (QED) is 0.268. The average molecular weight is 424 g/mol. The van der Waals surface area contributed by atoms with Crippen LogP contribution in [0.2, 0.25) is 0 Å². The number of carbonyl (C=O) groups is 1. The molecule has 6 nitrogen and oxygen atoms in total. The summed E-state index contributed by atoms with van der Waals surface area (Å²) in [4.78, 5) is 39.3. The minimum atomic E-state index is -0.922. The summed E-state index contributed by atoms with van der Waals surface area (Å²) in [6, 6.07) is 11.9. The van der Waals surface area contributed by atoms with Crippen LogP contribution in [0.5, 0.6) is 5.75 Å². The van der Waals surface area contributed by atoms with Crippen LogP contribution in [0.25, 0.3) is 33.4 Å². The maximum atomic E-state index is 14.6. The van der Waals surface area contributed by atoms with Crippen LogP contribution in [0.3, 0.4) is 0 Å². The maximum Gasteiger partial charge on any atom is 0.373 e. The molecule has 1 aliphatic carbocycles. The number of hydrogen-bond donors (Lipinski definition) is 0. The van der Waals surface area contributed by atoms with Crippen LogP contribution in [0.1, 0.15) is 12.5 Å². The van der Waals surface area contributed by atoms with E-state index in [1.54, 1.807) is 0 Å². The second kappa shape index (κ2) is 8.69. The molecule has 0 unspecified atom stereocenters. The van der Waals surface area contributed by atoms with E-state index in [1.807, 2.05) is 31.2 Å². The molecule has 1 aliphatic heterocycles. The molecule has 0 atom stereocenters. The molecule has 31 heavy (non-hydrogen) atoms. The summed E-state index contributed by atoms with van der Waals surface area (Å²) >= 11 is 0. The molecule has 0 bridgehead atoms. The number of rotatable bonds is 2. The van der Waals surface area contributed by atoms with E-state index in [9.17, 15) is 18.4 Å². The lowest BCUT2D eigenvalue weighted by Gasteiger charge is -2.17. The van der Waals surface area contributed by atoms with Gasteiger partial charge in [-0.05, 0) is 30.2 Å². The van der Waals surface area contributed by atoms with Crippen molar-refractivity contribution in [2.75, 3.05) is 0 Å². The van der Waals surface area contributed by atoms with Gasteiger partial charge in [-0.15, -0.1) is 0 Å². The fourth-order valence-electron chi connectivity index (χ4n) is 3.27. The molecule has 0 spiro atoms. The largest absolute Gasteiger partial charge is 0.456 e. The first-order valence-corrected chi connectivity index (χ1v) is 8.90. The molecule has 0 aromatic heterocycles. The zero-order valence-electron chi connectivity index (χ0n) is 16.3. The molecular formula is C23H14F2O6. The molecule has 1 heterocycles. The molecule has 0 N–H and O–H groups in total. The summed E-state index contributed by atoms with van der Waals surface area (Å²) < 4.78 is 39.2. The Kier molecular flexibility index (Phi) is 6.04. The van der Waals surface area contributed by atoms with Crippen molar-refractivity contribution < 1.29 is 32.3 Å². The highest BCUT2D eigenvalue weighted by Crippen LogP contribution is 2.42. The van der Waals surface area contributed by atoms with Gasteiger partial charge in [-0.25, -0.2) is 8.78 Å². The number of carbonyl (C=O) groups excluding carboxylic acids is 3. The van der Waals surface area contributed by atoms with E-state index in [2.05, 4.69) is 0 Å². The number of aryl methyl sites for hydroxylation is 1. The van der Waals surface area contributed by atoms with Crippen molar-refractivity contribution in [3.8, 4) is 28.2 Å². The van der Waals surface area contributed by atoms with E-state index in [0.717, 1.165) is 30.2 Å². The summed E-state index contributed by atoms with van der Waals surface area (Å²) in [6.45, 7) is 3.03. The highest BCUT2D eigenvalue weighted by Gasteiger charge is 2.22. The smallest absolute Gasteiger partial charge is 0.373 e. The number of benzene rings is 3. The van der Waals surface area contributed by atoms with Crippen LogP contribution in [0.15, 0.2) is 57.7 Å². The third-order valence-corrected chi connectivity index (χ3v) is 4.49. The van der Waals surface area contributed by atoms with Crippen molar-refractivity contribution in [3.63, 3.8) is 0 Å². The number of fused-ring (bicyclic) bond motifs is 2. The van der Waals surface area contributed by atoms with Crippen molar-refractivity contribution in [2.45, 2.75) is 13.8 Å². The monoisotopic (exact) mass is 424 g/mol. The number of ether oxygens (including phenoxy) is 1. The highest BCUT2D eigenvalue weighted by molar-refractivity contribution is 6.03. The van der Waals surface area contributed by atoms with Gasteiger partial charge in [0.15, 0.2) is 17.4 Å². The van der Waals surface area contributed by atoms with E-state index in [1.165, 1.54) is 12.1 Å². The first-order valence-electron chi connectivity index (χ1n) is 8.90. The molecule has 0 saturated carbocycles. The Morgan fingerprint density at radius 3 is 2.32 bits per heavy atom. The van der Waals surface area contributed by atoms with Crippen molar-refractivity contribution >= 4 is 23.1 Å². The molecule has 0 radical (unpaired) electrons. The van der Waals surface area contributed by atoms with Gasteiger partial charge in [0.1, 0.15) is 11.3 Å². The van der Waals surface area contributed by atoms with E-state index in [0.29, 0.717) is 16.5 Å². The predicted molar refractivity (Wildman–Crippen MR) is 106 cm³/mol. The molecule has 2 aliphatic rings. The van der Waals surface area contributed by atoms with E-state index in [-0.39, 0.29) is 23.2 Å². The van der Waals surface area contributed by atoms with Crippen LogP contribution < -0.4 is 10.2 Å². The second-order valence-electron chi connectivity index (χ2n) is 6.53. The first kappa shape index (κ1) is 21.5. The number of halogens is 2. The molecule has 0 fully saturated rings. The normalized spacial score (nSPS) is 10.3. The Morgan fingerprint density at radius 1 is 1.00 bits per heavy atom. The zero-order valence-corrected chi connectivity index (χ0v) is 16.3. The third kappa shape index (κ3) is 4.24. The minimum absolute atomic E-state index is 0.150. The van der Waals surface area contributed by atoms with Crippen molar-refractivity contribution in [2.24, 2.45) is 0 Å². The van der Waals surface area contributed by atoms with Crippen LogP contribution >= 0.6 is 0 Å². The first-order chi connectivity index (χ1) is 14.8. The summed E-state index contributed by atoms with van der Waals surface area (Å²) in [5.41, 5.74) is 1.89. The van der Waals surface area contributed by atoms with Crippen LogP contribution in [-0.4, -0.2) is 12.1 Å². The number of hydrogen-bond acceptors (Lipinski definition) is 6. The van der Waals surface area contributed by atoms with Gasteiger partial charge in [-0.3, -0.25) is 9.59 Å². The SMILES string of the molecule is CC(=O)Oc1cc2oc3cc(=O)c(F)cc-3c(-c3ccccc3C)c2cc1F.O=C=O. The van der Waals surface area contributed by atoms with E-state index < -0.39 is 23.0 Å². The zero-order chi connectivity index (χ0) is 22.7. The summed E-state index contributed by atoms with van der Waals surface area (Å²) in [6.07, 6.45) is 0.250. The highest BCUT2D eigenvalue weighted by atomic mass is 19.1. The topological polar surface area (TPSA) is 90.7 Å². The Balaban J connectivity index is 0.000000858. The standard InChI is InChI=1S/C22H14F2O4.CO2/c1-11-5-3-4-6-13(11)22-14-7-16(23)18(26)9-19(14)28-20-10-21(27-12(2)25)17(24)8-15(20)22;2-1-3/h3-10H,1-2H3;. The molecule has 8 heteroatoms. The van der Waals surface area contributed by atoms with Gasteiger partial charge >= 0.3 is 12.1 Å². The maximum absolute atomic E-state index is 14.6. The van der Waals surface area contributed by atoms with Gasteiger partial charge < -0.3 is 9.15 Å². The molecular weight excluding hydrogens is 410 g/mol. The summed E-state index contributed by atoms with van der Waals surface area (Å²) in [5, 5.41) is 0.369. The molecule has 0 saturated heterocycles. The van der Waals surface area contributed by atoms with Crippen LogP contribution in [0.4, 0.5) is 8.78 Å². The Bertz CT molecular complexity index is 1370. The molecule has 4 rings (SSSR count). The van der Waals surface area contributed by atoms with E-state index in [4.69, 9.17) is 18.7 Å². The predicted octanol–water partition coefficient (Wildman–Crippen LogP) is 4.49. The van der Waals surface area contributed by atoms with Gasteiger partial charge in [-0.2, -0.15) is 9.59 Å². The van der Waals surface area contributed by atoms with Crippen LogP contribution in [-0.2, 0) is 14.4 Å². The van der Waals surface area contributed by atoms with Gasteiger partial charge in [0.25, 0.3) is 0 Å². The molecule has 0 amide bonds. The van der Waals surface area contributed by atoms with Crippen LogP contribution in [0, 0.1) is 18.6 Å². The lowest BCUT2D eigenvalue weighted by Crippen LogP contribution is -2.07. The average Bonchev–Trinajstić information content (AvgIpc) is 2.70. The Labute approximate surface area is 174 Å². The van der Waals surface area contributed by atoms with Gasteiger partial charge in [0.2, 0.25) is 5.43 Å². The Morgan fingerprint density at radius 2 is 1.68 bits per heavy atom. The van der Waals surface area contributed by atoms with Gasteiger partial charge in [0.05, 0.1) is 0 Å². The fourth-order valence-corrected chi connectivity index (χ4v) is 3.27. The molecule has 2 aromatic carbocycles. The lowest BCUT2D eigenvalue weighted by molar-refractivity contribution is -0.191. The summed E-state index contributed by atoms with van der Waals surface area (Å²) in [7, 11) is 0. The van der Waals surface area contributed by atoms with Gasteiger partial charge in [-0.1, -0.05) is 24.3 Å². The summed E-state index contributed by atoms with van der Waals surface area (Å²) in [5.74, 6) is -2.50. The lowest BCUT2D eigenvalue weighted by atomic mass is 9.91. The Hall–Kier alpha value is -4.16. The van der Waals surface area contributed by atoms with Crippen molar-refractivity contribution in [1.29, 1.82) is 0 Å².